The van der Waals surface area contributed by atoms with Crippen LogP contribution < -0.4 is 10.5 Å². The topological polar surface area (TPSA) is 90.0 Å². The van der Waals surface area contributed by atoms with Gasteiger partial charge in [-0.15, -0.1) is 11.3 Å². The molecular formula is C12H17BrN4O2S2. The third-order valence-corrected chi connectivity index (χ3v) is 6.62. The van der Waals surface area contributed by atoms with Crippen LogP contribution in [0.2, 0.25) is 0 Å². The highest BCUT2D eigenvalue weighted by atomic mass is 79.9. The SMILES string of the molecule is Cc1nn(CCN)c(C)c1S(=O)(=O)NCc1sccc1Br. The van der Waals surface area contributed by atoms with Gasteiger partial charge < -0.3 is 5.73 Å². The van der Waals surface area contributed by atoms with Gasteiger partial charge in [0.15, 0.2) is 0 Å². The van der Waals surface area contributed by atoms with E-state index < -0.39 is 10.0 Å². The van der Waals surface area contributed by atoms with Gasteiger partial charge >= 0.3 is 0 Å². The zero-order chi connectivity index (χ0) is 15.6. The van der Waals surface area contributed by atoms with Crippen LogP contribution in [0.4, 0.5) is 0 Å². The van der Waals surface area contributed by atoms with E-state index in [2.05, 4.69) is 25.8 Å². The Labute approximate surface area is 136 Å². The Hall–Kier alpha value is -0.740. The summed E-state index contributed by atoms with van der Waals surface area (Å²) < 4.78 is 30.1. The predicted octanol–water partition coefficient (Wildman–Crippen LogP) is 1.76. The molecule has 21 heavy (non-hydrogen) atoms. The number of nitrogens with one attached hydrogen (secondary N) is 1. The average Bonchev–Trinajstić information content (AvgIpc) is 2.92. The molecule has 0 aliphatic rings. The summed E-state index contributed by atoms with van der Waals surface area (Å²) in [6, 6.07) is 1.89. The van der Waals surface area contributed by atoms with Crippen LogP contribution in [-0.4, -0.2) is 24.7 Å². The van der Waals surface area contributed by atoms with Gasteiger partial charge in [-0.25, -0.2) is 13.1 Å². The first kappa shape index (κ1) is 16.6. The number of sulfonamides is 1. The maximum atomic E-state index is 12.5. The fourth-order valence-corrected chi connectivity index (χ4v) is 5.02. The maximum Gasteiger partial charge on any atom is 0.244 e. The fourth-order valence-electron chi connectivity index (χ4n) is 2.09. The molecule has 6 nitrogen and oxygen atoms in total. The largest absolute Gasteiger partial charge is 0.329 e. The molecule has 2 aromatic rings. The molecule has 2 aromatic heterocycles. The standard InChI is InChI=1S/C12H17BrN4O2S2/c1-8-12(9(2)17(16-8)5-4-14)21(18,19)15-7-11-10(13)3-6-20-11/h3,6,15H,4-5,7,14H2,1-2H3. The van der Waals surface area contributed by atoms with Crippen molar-refractivity contribution < 1.29 is 8.42 Å². The molecule has 3 N–H and O–H groups in total. The summed E-state index contributed by atoms with van der Waals surface area (Å²) in [5.41, 5.74) is 6.60. The van der Waals surface area contributed by atoms with Gasteiger partial charge in [0.2, 0.25) is 10.0 Å². The molecule has 0 bridgehead atoms. The van der Waals surface area contributed by atoms with E-state index in [0.29, 0.717) is 24.5 Å². The highest BCUT2D eigenvalue weighted by molar-refractivity contribution is 9.10. The van der Waals surface area contributed by atoms with Crippen molar-refractivity contribution in [3.63, 3.8) is 0 Å². The van der Waals surface area contributed by atoms with Crippen molar-refractivity contribution in [3.8, 4) is 0 Å². The number of halogens is 1. The van der Waals surface area contributed by atoms with E-state index in [4.69, 9.17) is 5.73 Å². The van der Waals surface area contributed by atoms with Crippen molar-refractivity contribution >= 4 is 37.3 Å². The Kier molecular flexibility index (Phi) is 5.20. The molecule has 2 heterocycles. The van der Waals surface area contributed by atoms with E-state index >= 15 is 0 Å². The van der Waals surface area contributed by atoms with Crippen LogP contribution in [0.5, 0.6) is 0 Å². The smallest absolute Gasteiger partial charge is 0.244 e. The molecule has 2 rings (SSSR count). The summed E-state index contributed by atoms with van der Waals surface area (Å²) in [5, 5.41) is 6.15. The van der Waals surface area contributed by atoms with E-state index in [1.165, 1.54) is 11.3 Å². The van der Waals surface area contributed by atoms with Crippen LogP contribution in [0.1, 0.15) is 16.3 Å². The maximum absolute atomic E-state index is 12.5. The third-order valence-electron chi connectivity index (χ3n) is 3.04. The summed E-state index contributed by atoms with van der Waals surface area (Å²) in [7, 11) is -3.60. The van der Waals surface area contributed by atoms with Crippen molar-refractivity contribution in [1.82, 2.24) is 14.5 Å². The lowest BCUT2D eigenvalue weighted by molar-refractivity contribution is 0.577. The van der Waals surface area contributed by atoms with E-state index in [1.807, 2.05) is 11.4 Å². The molecule has 116 valence electrons. The molecule has 0 unspecified atom stereocenters. The number of nitrogens with two attached hydrogens (primary N) is 1. The minimum absolute atomic E-state index is 0.239. The van der Waals surface area contributed by atoms with Crippen LogP contribution >= 0.6 is 27.3 Å². The van der Waals surface area contributed by atoms with Crippen LogP contribution in [-0.2, 0) is 23.1 Å². The van der Waals surface area contributed by atoms with Crippen LogP contribution in [0.25, 0.3) is 0 Å². The van der Waals surface area contributed by atoms with E-state index in [1.54, 1.807) is 18.5 Å². The summed E-state index contributed by atoms with van der Waals surface area (Å²) in [5.74, 6) is 0. The molecule has 0 atom stereocenters. The van der Waals surface area contributed by atoms with E-state index in [0.717, 1.165) is 9.35 Å². The summed E-state index contributed by atoms with van der Waals surface area (Å²) in [6.07, 6.45) is 0. The highest BCUT2D eigenvalue weighted by Gasteiger charge is 2.24. The molecule has 0 aromatic carbocycles. The first-order valence-corrected chi connectivity index (χ1v) is 9.48. The lowest BCUT2D eigenvalue weighted by Crippen LogP contribution is -2.24. The van der Waals surface area contributed by atoms with Crippen molar-refractivity contribution in [3.05, 3.63) is 32.2 Å². The fraction of sp³-hybridized carbons (Fsp3) is 0.417. The normalized spacial score (nSPS) is 12.0. The summed E-state index contributed by atoms with van der Waals surface area (Å²) >= 11 is 4.89. The number of aryl methyl sites for hydroxylation is 1. The van der Waals surface area contributed by atoms with Gasteiger partial charge in [0.25, 0.3) is 0 Å². The summed E-state index contributed by atoms with van der Waals surface area (Å²) in [4.78, 5) is 1.17. The number of hydrogen-bond acceptors (Lipinski definition) is 5. The molecular weight excluding hydrogens is 376 g/mol. The number of aromatic nitrogens is 2. The first-order valence-electron chi connectivity index (χ1n) is 6.32. The molecule has 9 heteroatoms. The van der Waals surface area contributed by atoms with Crippen LogP contribution in [0.15, 0.2) is 20.8 Å². The monoisotopic (exact) mass is 392 g/mol. The molecule has 0 spiro atoms. The van der Waals surface area contributed by atoms with Gasteiger partial charge in [0, 0.05) is 22.4 Å². The molecule has 0 radical (unpaired) electrons. The molecule has 0 aliphatic heterocycles. The number of thiophene rings is 1. The van der Waals surface area contributed by atoms with Gasteiger partial charge in [-0.2, -0.15) is 5.10 Å². The molecule has 0 saturated carbocycles. The average molecular weight is 393 g/mol. The molecule has 0 aliphatic carbocycles. The quantitative estimate of drug-likeness (QED) is 0.783. The van der Waals surface area contributed by atoms with E-state index in [-0.39, 0.29) is 11.4 Å². The van der Waals surface area contributed by atoms with Crippen molar-refractivity contribution in [2.45, 2.75) is 31.8 Å². The van der Waals surface area contributed by atoms with Crippen molar-refractivity contribution in [2.75, 3.05) is 6.54 Å². The van der Waals surface area contributed by atoms with Gasteiger partial charge in [0.05, 0.1) is 17.9 Å². The van der Waals surface area contributed by atoms with Gasteiger partial charge in [-0.05, 0) is 41.2 Å². The second kappa shape index (κ2) is 6.57. The minimum atomic E-state index is -3.60. The van der Waals surface area contributed by atoms with Crippen molar-refractivity contribution in [2.24, 2.45) is 5.73 Å². The molecule has 0 amide bonds. The Bertz CT molecular complexity index is 737. The Morgan fingerprint density at radius 1 is 1.48 bits per heavy atom. The van der Waals surface area contributed by atoms with Gasteiger partial charge in [0.1, 0.15) is 4.90 Å². The number of hydrogen-bond donors (Lipinski definition) is 2. The summed E-state index contributed by atoms with van der Waals surface area (Å²) in [6.45, 7) is 4.60. The third kappa shape index (κ3) is 3.54. The molecule has 0 fully saturated rings. The Morgan fingerprint density at radius 3 is 2.76 bits per heavy atom. The zero-order valence-corrected chi connectivity index (χ0v) is 15.0. The second-order valence-electron chi connectivity index (χ2n) is 4.53. The highest BCUT2D eigenvalue weighted by Crippen LogP contribution is 2.24. The lowest BCUT2D eigenvalue weighted by atomic mass is 10.4. The van der Waals surface area contributed by atoms with Crippen LogP contribution in [0.3, 0.4) is 0 Å². The lowest BCUT2D eigenvalue weighted by Gasteiger charge is -2.07. The van der Waals surface area contributed by atoms with E-state index in [9.17, 15) is 8.42 Å². The Balaban J connectivity index is 2.25. The number of nitrogens with zero attached hydrogens (tertiary/aromatic N) is 2. The van der Waals surface area contributed by atoms with Crippen LogP contribution in [0, 0.1) is 13.8 Å². The minimum Gasteiger partial charge on any atom is -0.329 e. The second-order valence-corrected chi connectivity index (χ2v) is 8.09. The first-order chi connectivity index (χ1) is 9.86. The Morgan fingerprint density at radius 2 is 2.19 bits per heavy atom. The van der Waals surface area contributed by atoms with Gasteiger partial charge in [-0.3, -0.25) is 4.68 Å². The van der Waals surface area contributed by atoms with Crippen molar-refractivity contribution in [1.29, 1.82) is 0 Å². The zero-order valence-electron chi connectivity index (χ0n) is 11.8. The van der Waals surface area contributed by atoms with Gasteiger partial charge in [-0.1, -0.05) is 0 Å². The number of rotatable bonds is 6. The molecule has 0 saturated heterocycles. The predicted molar refractivity (Wildman–Crippen MR) is 86.8 cm³/mol.